The number of rotatable bonds is 8. The van der Waals surface area contributed by atoms with Gasteiger partial charge in [-0.15, -0.1) is 25.3 Å². The van der Waals surface area contributed by atoms with Gasteiger partial charge in [0.15, 0.2) is 10.2 Å². The fourth-order valence-electron chi connectivity index (χ4n) is 0.728. The van der Waals surface area contributed by atoms with Crippen LogP contribution in [0.1, 0.15) is 39.5 Å². The molecule has 0 saturated heterocycles. The van der Waals surface area contributed by atoms with E-state index in [-0.39, 0.29) is 10.2 Å². The van der Waals surface area contributed by atoms with Gasteiger partial charge in [0.25, 0.3) is 0 Å². The maximum absolute atomic E-state index is 9.91. The molecular weight excluding hydrogens is 316 g/mol. The highest BCUT2D eigenvalue weighted by atomic mass is 32.1. The molecule has 0 saturated carbocycles. The van der Waals surface area contributed by atoms with E-state index in [0.29, 0.717) is 12.8 Å². The molecule has 0 aromatic carbocycles. The van der Waals surface area contributed by atoms with Gasteiger partial charge in [-0.2, -0.15) is 0 Å². The molecule has 6 nitrogen and oxygen atoms in total. The fourth-order valence-corrected chi connectivity index (χ4v) is 1.17. The van der Waals surface area contributed by atoms with Gasteiger partial charge in [0.1, 0.15) is 0 Å². The summed E-state index contributed by atoms with van der Waals surface area (Å²) in [7, 11) is 0. The van der Waals surface area contributed by atoms with Crippen LogP contribution in [0.3, 0.4) is 0 Å². The third-order valence-electron chi connectivity index (χ3n) is 2.27. The minimum atomic E-state index is -1.11. The quantitative estimate of drug-likeness (QED) is 0.356. The lowest BCUT2D eigenvalue weighted by molar-refractivity contribution is -0.111. The molecule has 0 fully saturated rings. The third kappa shape index (κ3) is 19.9. The molecule has 4 N–H and O–H groups in total. The first kappa shape index (κ1) is 25.8. The monoisotopic (exact) mass is 344 g/mol. The largest absolute Gasteiger partial charge is 0.396 e. The maximum atomic E-state index is 9.91. The van der Waals surface area contributed by atoms with Gasteiger partial charge in [-0.3, -0.25) is 9.59 Å². The van der Waals surface area contributed by atoms with Gasteiger partial charge < -0.3 is 20.4 Å². The molecule has 0 radical (unpaired) electrons. The Kier molecular flexibility index (Phi) is 22.0. The number of carbonyl (C=O) groups excluding carboxylic acids is 2. The predicted molar refractivity (Wildman–Crippen MR) is 88.6 cm³/mol. The topological polar surface area (TPSA) is 115 Å². The van der Waals surface area contributed by atoms with Crippen LogP contribution in [-0.2, 0) is 9.59 Å². The molecule has 0 aliphatic heterocycles. The molecule has 0 unspecified atom stereocenters. The molecular formula is C13H28O6S2. The lowest BCUT2D eigenvalue weighted by atomic mass is 9.93. The molecule has 0 aliphatic carbocycles. The molecule has 0 atom stereocenters. The molecule has 8 heteroatoms. The van der Waals surface area contributed by atoms with E-state index in [1.54, 1.807) is 0 Å². The fraction of sp³-hybridized carbons (Fsp3) is 0.846. The molecule has 0 aromatic rings. The van der Waals surface area contributed by atoms with E-state index >= 15 is 0 Å². The minimum Gasteiger partial charge on any atom is -0.396 e. The SMILES string of the molecule is CCCC(=O)S.CCCC(=O)S.OCC(CO)(CO)CO. The van der Waals surface area contributed by atoms with Crippen molar-refractivity contribution in [2.45, 2.75) is 39.5 Å². The van der Waals surface area contributed by atoms with Crippen LogP contribution in [-0.4, -0.2) is 57.1 Å². The van der Waals surface area contributed by atoms with Crippen molar-refractivity contribution in [3.63, 3.8) is 0 Å². The van der Waals surface area contributed by atoms with Crippen molar-refractivity contribution in [1.82, 2.24) is 0 Å². The van der Waals surface area contributed by atoms with Crippen molar-refractivity contribution in [2.75, 3.05) is 26.4 Å². The van der Waals surface area contributed by atoms with Gasteiger partial charge in [-0.1, -0.05) is 13.8 Å². The number of aliphatic hydroxyl groups is 4. The van der Waals surface area contributed by atoms with Crippen molar-refractivity contribution in [3.05, 3.63) is 0 Å². The van der Waals surface area contributed by atoms with Gasteiger partial charge in [0.05, 0.1) is 31.8 Å². The highest BCUT2D eigenvalue weighted by molar-refractivity contribution is 7.96. The van der Waals surface area contributed by atoms with Crippen LogP contribution in [0.4, 0.5) is 0 Å². The summed E-state index contributed by atoms with van der Waals surface area (Å²) < 4.78 is 0. The van der Waals surface area contributed by atoms with Crippen LogP contribution in [0.5, 0.6) is 0 Å². The molecule has 128 valence electrons. The summed E-state index contributed by atoms with van der Waals surface area (Å²) in [5.74, 6) is 0. The number of thiol groups is 2. The van der Waals surface area contributed by atoms with Crippen LogP contribution in [0.2, 0.25) is 0 Å². The smallest absolute Gasteiger partial charge is 0.185 e. The van der Waals surface area contributed by atoms with E-state index in [4.69, 9.17) is 20.4 Å². The minimum absolute atomic E-state index is 0.0162. The first-order chi connectivity index (χ1) is 9.78. The Hall–Kier alpha value is -0.120. The Morgan fingerprint density at radius 2 is 1.00 bits per heavy atom. The lowest BCUT2D eigenvalue weighted by Gasteiger charge is -2.23. The maximum Gasteiger partial charge on any atom is 0.185 e. The summed E-state index contributed by atoms with van der Waals surface area (Å²) >= 11 is 7.08. The number of aliphatic hydroxyl groups excluding tert-OH is 4. The van der Waals surface area contributed by atoms with Gasteiger partial charge in [-0.05, 0) is 12.8 Å². The molecule has 0 spiro atoms. The number of hydrogen-bond donors (Lipinski definition) is 6. The van der Waals surface area contributed by atoms with E-state index in [0.717, 1.165) is 12.8 Å². The van der Waals surface area contributed by atoms with E-state index in [2.05, 4.69) is 25.3 Å². The Bertz CT molecular complexity index is 224. The van der Waals surface area contributed by atoms with Crippen LogP contribution in [0.25, 0.3) is 0 Å². The average Bonchev–Trinajstić information content (AvgIpc) is 2.43. The second-order valence-electron chi connectivity index (χ2n) is 4.42. The summed E-state index contributed by atoms with van der Waals surface area (Å²) in [5, 5.41) is 34.0. The predicted octanol–water partition coefficient (Wildman–Crippen LogP) is 0.428. The highest BCUT2D eigenvalue weighted by Crippen LogP contribution is 2.11. The van der Waals surface area contributed by atoms with Crippen molar-refractivity contribution in [3.8, 4) is 0 Å². The summed E-state index contributed by atoms with van der Waals surface area (Å²) in [6.07, 6.45) is 3.01. The zero-order valence-corrected chi connectivity index (χ0v) is 14.4. The summed E-state index contributed by atoms with van der Waals surface area (Å²) in [6, 6.07) is 0. The van der Waals surface area contributed by atoms with E-state index in [9.17, 15) is 9.59 Å². The van der Waals surface area contributed by atoms with Gasteiger partial charge >= 0.3 is 0 Å². The van der Waals surface area contributed by atoms with Crippen LogP contribution in [0.15, 0.2) is 0 Å². The lowest BCUT2D eigenvalue weighted by Crippen LogP contribution is -2.37. The van der Waals surface area contributed by atoms with Crippen molar-refractivity contribution >= 4 is 35.5 Å². The second kappa shape index (κ2) is 17.9. The Balaban J connectivity index is -0.000000240. The second-order valence-corrected chi connectivity index (χ2v) is 5.42. The Labute approximate surface area is 137 Å². The van der Waals surface area contributed by atoms with Gasteiger partial charge in [0, 0.05) is 12.8 Å². The molecule has 0 aliphatic rings. The zero-order chi connectivity index (χ0) is 17.3. The van der Waals surface area contributed by atoms with Crippen molar-refractivity contribution < 1.29 is 30.0 Å². The van der Waals surface area contributed by atoms with Crippen LogP contribution < -0.4 is 0 Å². The molecule has 0 bridgehead atoms. The molecule has 0 aromatic heterocycles. The van der Waals surface area contributed by atoms with E-state index in [1.165, 1.54) is 0 Å². The van der Waals surface area contributed by atoms with Crippen LogP contribution >= 0.6 is 25.3 Å². The van der Waals surface area contributed by atoms with Gasteiger partial charge in [-0.25, -0.2) is 0 Å². The summed E-state index contributed by atoms with van der Waals surface area (Å²) in [5.41, 5.74) is -1.11. The van der Waals surface area contributed by atoms with Crippen LogP contribution in [0, 0.1) is 5.41 Å². The molecule has 0 rings (SSSR count). The van der Waals surface area contributed by atoms with Gasteiger partial charge in [0.2, 0.25) is 0 Å². The number of carbonyl (C=O) groups is 2. The molecule has 21 heavy (non-hydrogen) atoms. The third-order valence-corrected chi connectivity index (χ3v) is 2.72. The normalized spacial score (nSPS) is 9.90. The average molecular weight is 344 g/mol. The summed E-state index contributed by atoms with van der Waals surface area (Å²) in [4.78, 5) is 19.8. The highest BCUT2D eigenvalue weighted by Gasteiger charge is 2.26. The van der Waals surface area contributed by atoms with Crippen molar-refractivity contribution in [1.29, 1.82) is 0 Å². The first-order valence-corrected chi connectivity index (χ1v) is 7.55. The van der Waals surface area contributed by atoms with E-state index < -0.39 is 31.8 Å². The standard InChI is InChI=1S/C5H12O4.2C4H8OS/c6-1-5(2-7,3-8)4-9;2*1-2-3-4(5)6/h6-9H,1-4H2;2*2-3H2,1H3,(H,5,6). The number of hydrogen-bond acceptors (Lipinski definition) is 6. The van der Waals surface area contributed by atoms with Crippen molar-refractivity contribution in [2.24, 2.45) is 5.41 Å². The Morgan fingerprint density at radius 1 is 0.762 bits per heavy atom. The zero-order valence-electron chi connectivity index (χ0n) is 12.7. The molecule has 0 amide bonds. The summed E-state index contributed by atoms with van der Waals surface area (Å²) in [6.45, 7) is 2.28. The first-order valence-electron chi connectivity index (χ1n) is 6.66. The molecule has 0 heterocycles. The Morgan fingerprint density at radius 3 is 1.00 bits per heavy atom. The van der Waals surface area contributed by atoms with E-state index in [1.807, 2.05) is 13.8 Å².